The first-order chi connectivity index (χ1) is 14.0. The van der Waals surface area contributed by atoms with E-state index in [0.29, 0.717) is 13.0 Å². The quantitative estimate of drug-likeness (QED) is 0.264. The average molecular weight is 393 g/mol. The summed E-state index contributed by atoms with van der Waals surface area (Å²) in [4.78, 5) is 37.2. The number of nitro benzene ring substituents is 1. The Kier molecular flexibility index (Phi) is 6.36. The number of H-pyrrole nitrogens is 1. The summed E-state index contributed by atoms with van der Waals surface area (Å²) in [7, 11) is 0. The van der Waals surface area contributed by atoms with E-state index in [1.54, 1.807) is 6.07 Å². The van der Waals surface area contributed by atoms with Gasteiger partial charge in [0.15, 0.2) is 6.61 Å². The van der Waals surface area contributed by atoms with Gasteiger partial charge in [-0.1, -0.05) is 30.3 Å². The number of carbonyl (C=O) groups excluding carboxylic acids is 2. The number of nitro groups is 1. The van der Waals surface area contributed by atoms with Gasteiger partial charge in [-0.15, -0.1) is 0 Å². The predicted octanol–water partition coefficient (Wildman–Crippen LogP) is 2.99. The van der Waals surface area contributed by atoms with Crippen molar-refractivity contribution in [2.24, 2.45) is 0 Å². The smallest absolute Gasteiger partial charge is 0.331 e. The van der Waals surface area contributed by atoms with E-state index in [9.17, 15) is 19.7 Å². The van der Waals surface area contributed by atoms with E-state index < -0.39 is 23.4 Å². The molecule has 3 rings (SSSR count). The first-order valence-electron chi connectivity index (χ1n) is 8.94. The monoisotopic (exact) mass is 393 g/mol. The number of amides is 1. The number of hydrogen-bond donors (Lipinski definition) is 2. The predicted molar refractivity (Wildman–Crippen MR) is 108 cm³/mol. The number of nitrogens with zero attached hydrogens (tertiary/aromatic N) is 1. The van der Waals surface area contributed by atoms with Crippen molar-refractivity contribution in [3.05, 3.63) is 82.0 Å². The van der Waals surface area contributed by atoms with Crippen LogP contribution in [0.5, 0.6) is 0 Å². The molecule has 148 valence electrons. The van der Waals surface area contributed by atoms with E-state index in [-0.39, 0.29) is 11.3 Å². The number of aromatic amines is 1. The van der Waals surface area contributed by atoms with Gasteiger partial charge in [0.05, 0.1) is 10.5 Å². The lowest BCUT2D eigenvalue weighted by Crippen LogP contribution is -2.30. The van der Waals surface area contributed by atoms with E-state index in [0.717, 1.165) is 22.5 Å². The maximum Gasteiger partial charge on any atom is 0.331 e. The Bertz CT molecular complexity index is 1070. The number of para-hydroxylation sites is 2. The van der Waals surface area contributed by atoms with Crippen LogP contribution in [0, 0.1) is 10.1 Å². The Hall–Kier alpha value is -3.94. The fraction of sp³-hybridized carbons (Fsp3) is 0.143. The zero-order valence-electron chi connectivity index (χ0n) is 15.5. The molecule has 2 aromatic carbocycles. The van der Waals surface area contributed by atoms with Crippen molar-refractivity contribution in [1.82, 2.24) is 10.3 Å². The standard InChI is InChI=1S/C21H19N3O5/c25-20(22-12-11-16-13-23-18-7-3-2-6-17(16)18)14-29-21(26)10-9-15-5-1-4-8-19(15)24(27)28/h1-10,13,23H,11-12,14H2,(H,22,25)/b10-9+. The van der Waals surface area contributed by atoms with E-state index in [4.69, 9.17) is 4.74 Å². The van der Waals surface area contributed by atoms with Crippen molar-refractivity contribution in [3.8, 4) is 0 Å². The molecule has 1 aromatic heterocycles. The number of rotatable bonds is 8. The fourth-order valence-corrected chi connectivity index (χ4v) is 2.86. The average Bonchev–Trinajstić information content (AvgIpc) is 3.14. The minimum Gasteiger partial charge on any atom is -0.452 e. The molecule has 0 radical (unpaired) electrons. The molecule has 1 amide bonds. The maximum atomic E-state index is 11.8. The number of carbonyl (C=O) groups is 2. The molecule has 3 aromatic rings. The number of ether oxygens (including phenoxy) is 1. The lowest BCUT2D eigenvalue weighted by atomic mass is 10.1. The molecule has 8 heteroatoms. The molecule has 8 nitrogen and oxygen atoms in total. The molecule has 0 bridgehead atoms. The molecule has 0 aliphatic carbocycles. The highest BCUT2D eigenvalue weighted by atomic mass is 16.6. The number of nitrogens with one attached hydrogen (secondary N) is 2. The molecule has 0 unspecified atom stereocenters. The lowest BCUT2D eigenvalue weighted by molar-refractivity contribution is -0.385. The molecule has 0 saturated heterocycles. The third-order valence-corrected chi connectivity index (χ3v) is 4.27. The Labute approximate surface area is 166 Å². The first-order valence-corrected chi connectivity index (χ1v) is 8.94. The van der Waals surface area contributed by atoms with Gasteiger partial charge in [-0.2, -0.15) is 0 Å². The number of hydrogen-bond acceptors (Lipinski definition) is 5. The first kappa shape index (κ1) is 19.8. The summed E-state index contributed by atoms with van der Waals surface area (Å²) in [6.45, 7) is -0.0157. The minimum absolute atomic E-state index is 0.119. The zero-order chi connectivity index (χ0) is 20.6. The van der Waals surface area contributed by atoms with Crippen molar-refractivity contribution in [3.63, 3.8) is 0 Å². The highest BCUT2D eigenvalue weighted by Crippen LogP contribution is 2.19. The second-order valence-electron chi connectivity index (χ2n) is 6.22. The maximum absolute atomic E-state index is 11.8. The summed E-state index contributed by atoms with van der Waals surface area (Å²) >= 11 is 0. The Morgan fingerprint density at radius 3 is 2.72 bits per heavy atom. The van der Waals surface area contributed by atoms with Gasteiger partial charge < -0.3 is 15.0 Å². The summed E-state index contributed by atoms with van der Waals surface area (Å²) in [6.07, 6.45) is 4.89. The van der Waals surface area contributed by atoms with Gasteiger partial charge in [0.2, 0.25) is 0 Å². The number of fused-ring (bicyclic) bond motifs is 1. The van der Waals surface area contributed by atoms with Crippen molar-refractivity contribution in [2.75, 3.05) is 13.2 Å². The van der Waals surface area contributed by atoms with Crippen LogP contribution in [-0.4, -0.2) is 34.9 Å². The van der Waals surface area contributed by atoms with Crippen LogP contribution in [0.4, 0.5) is 5.69 Å². The van der Waals surface area contributed by atoms with Crippen molar-refractivity contribution in [1.29, 1.82) is 0 Å². The summed E-state index contributed by atoms with van der Waals surface area (Å²) in [5, 5.41) is 14.7. The van der Waals surface area contributed by atoms with Gasteiger partial charge in [-0.25, -0.2) is 4.79 Å². The molecular weight excluding hydrogens is 374 g/mol. The SMILES string of the molecule is O=C(COC(=O)/C=C/c1ccccc1[N+](=O)[O-])NCCc1c[nH]c2ccccc12. The fourth-order valence-electron chi connectivity index (χ4n) is 2.86. The Balaban J connectivity index is 1.43. The van der Waals surface area contributed by atoms with E-state index in [1.165, 1.54) is 24.3 Å². The van der Waals surface area contributed by atoms with Crippen molar-refractivity contribution >= 4 is 34.5 Å². The van der Waals surface area contributed by atoms with Gasteiger partial charge in [0, 0.05) is 35.8 Å². The van der Waals surface area contributed by atoms with Crippen molar-refractivity contribution in [2.45, 2.75) is 6.42 Å². The summed E-state index contributed by atoms with van der Waals surface area (Å²) in [5.41, 5.74) is 2.28. The van der Waals surface area contributed by atoms with Crippen LogP contribution in [0.1, 0.15) is 11.1 Å². The van der Waals surface area contributed by atoms with Gasteiger partial charge in [-0.3, -0.25) is 14.9 Å². The Morgan fingerprint density at radius 2 is 1.90 bits per heavy atom. The van der Waals surface area contributed by atoms with Gasteiger partial charge in [-0.05, 0) is 30.2 Å². The molecule has 0 atom stereocenters. The molecular formula is C21H19N3O5. The van der Waals surface area contributed by atoms with Gasteiger partial charge in [0.25, 0.3) is 11.6 Å². The number of esters is 1. The van der Waals surface area contributed by atoms with E-state index in [2.05, 4.69) is 10.3 Å². The minimum atomic E-state index is -0.755. The molecule has 29 heavy (non-hydrogen) atoms. The molecule has 0 spiro atoms. The normalized spacial score (nSPS) is 10.9. The van der Waals surface area contributed by atoms with Gasteiger partial charge in [0.1, 0.15) is 0 Å². The lowest BCUT2D eigenvalue weighted by Gasteiger charge is -2.05. The molecule has 0 fully saturated rings. The van der Waals surface area contributed by atoms with Crippen LogP contribution in [-0.2, 0) is 20.7 Å². The Morgan fingerprint density at radius 1 is 1.14 bits per heavy atom. The number of aromatic nitrogens is 1. The van der Waals surface area contributed by atoms with Crippen LogP contribution >= 0.6 is 0 Å². The highest BCUT2D eigenvalue weighted by Gasteiger charge is 2.11. The summed E-state index contributed by atoms with van der Waals surface area (Å²) in [5.74, 6) is -1.17. The van der Waals surface area contributed by atoms with Crippen molar-refractivity contribution < 1.29 is 19.2 Å². The van der Waals surface area contributed by atoms with E-state index >= 15 is 0 Å². The molecule has 0 aliphatic rings. The highest BCUT2D eigenvalue weighted by molar-refractivity contribution is 5.90. The van der Waals surface area contributed by atoms with E-state index in [1.807, 2.05) is 30.5 Å². The van der Waals surface area contributed by atoms with Crippen LogP contribution < -0.4 is 5.32 Å². The molecule has 0 aliphatic heterocycles. The zero-order valence-corrected chi connectivity index (χ0v) is 15.5. The largest absolute Gasteiger partial charge is 0.452 e. The third kappa shape index (κ3) is 5.29. The topological polar surface area (TPSA) is 114 Å². The van der Waals surface area contributed by atoms with Crippen LogP contribution in [0.3, 0.4) is 0 Å². The molecule has 0 saturated carbocycles. The van der Waals surface area contributed by atoms with Crippen LogP contribution in [0.15, 0.2) is 60.8 Å². The summed E-state index contributed by atoms with van der Waals surface area (Å²) in [6, 6.07) is 13.9. The summed E-state index contributed by atoms with van der Waals surface area (Å²) < 4.78 is 4.87. The molecule has 2 N–H and O–H groups in total. The molecule has 1 heterocycles. The van der Waals surface area contributed by atoms with Crippen LogP contribution in [0.25, 0.3) is 17.0 Å². The number of benzene rings is 2. The van der Waals surface area contributed by atoms with Crippen LogP contribution in [0.2, 0.25) is 0 Å². The van der Waals surface area contributed by atoms with Gasteiger partial charge >= 0.3 is 5.97 Å². The second-order valence-corrected chi connectivity index (χ2v) is 6.22. The second kappa shape index (κ2) is 9.32. The third-order valence-electron chi connectivity index (χ3n) is 4.27.